The lowest BCUT2D eigenvalue weighted by atomic mass is 10.1. The third-order valence-corrected chi connectivity index (χ3v) is 2.62. The van der Waals surface area contributed by atoms with E-state index >= 15 is 0 Å². The Labute approximate surface area is 119 Å². The van der Waals surface area contributed by atoms with Crippen molar-refractivity contribution >= 4 is 5.97 Å². The molecule has 0 fully saturated rings. The maximum absolute atomic E-state index is 11.7. The first-order chi connectivity index (χ1) is 9.62. The van der Waals surface area contributed by atoms with Gasteiger partial charge in [-0.2, -0.15) is 0 Å². The highest BCUT2D eigenvalue weighted by molar-refractivity contribution is 5.92. The van der Waals surface area contributed by atoms with Gasteiger partial charge in [-0.1, -0.05) is 6.07 Å². The van der Waals surface area contributed by atoms with E-state index in [2.05, 4.69) is 0 Å². The summed E-state index contributed by atoms with van der Waals surface area (Å²) in [4.78, 5) is 11.7. The fourth-order valence-electron chi connectivity index (χ4n) is 1.70. The Kier molecular flexibility index (Phi) is 7.04. The topological polar surface area (TPSA) is 54.0 Å². The summed E-state index contributed by atoms with van der Waals surface area (Å²) in [5.41, 5.74) is 1.39. The Morgan fingerprint density at radius 2 is 1.85 bits per heavy atom. The van der Waals surface area contributed by atoms with Gasteiger partial charge in [0.2, 0.25) is 0 Å². The van der Waals surface area contributed by atoms with E-state index < -0.39 is 12.3 Å². The van der Waals surface area contributed by atoms with Crippen molar-refractivity contribution in [3.8, 4) is 5.75 Å². The van der Waals surface area contributed by atoms with E-state index in [9.17, 15) is 4.79 Å². The highest BCUT2D eigenvalue weighted by atomic mass is 16.7. The summed E-state index contributed by atoms with van der Waals surface area (Å²) < 4.78 is 21.2. The van der Waals surface area contributed by atoms with Crippen LogP contribution in [0.15, 0.2) is 18.2 Å². The minimum Gasteiger partial charge on any atom is -0.487 e. The Morgan fingerprint density at radius 3 is 2.40 bits per heavy atom. The van der Waals surface area contributed by atoms with Crippen molar-refractivity contribution in [3.63, 3.8) is 0 Å². The summed E-state index contributed by atoms with van der Waals surface area (Å²) in [5, 5.41) is 0. The van der Waals surface area contributed by atoms with Crippen LogP contribution in [0.4, 0.5) is 0 Å². The molecule has 1 aromatic carbocycles. The predicted octanol–water partition coefficient (Wildman–Crippen LogP) is 2.56. The molecule has 0 N–H and O–H groups in total. The van der Waals surface area contributed by atoms with E-state index in [-0.39, 0.29) is 6.61 Å². The summed E-state index contributed by atoms with van der Waals surface area (Å²) in [6.07, 6.45) is -0.448. The molecule has 0 spiro atoms. The number of hydrogen-bond acceptors (Lipinski definition) is 5. The number of ether oxygens (including phenoxy) is 4. The van der Waals surface area contributed by atoms with Gasteiger partial charge in [0.05, 0.1) is 7.11 Å². The molecular weight excluding hydrogens is 260 g/mol. The first kappa shape index (κ1) is 16.5. The number of rotatable bonds is 8. The van der Waals surface area contributed by atoms with Crippen molar-refractivity contribution in [2.45, 2.75) is 27.1 Å². The molecule has 0 aliphatic heterocycles. The van der Waals surface area contributed by atoms with Gasteiger partial charge in [-0.15, -0.1) is 0 Å². The van der Waals surface area contributed by atoms with E-state index in [1.165, 1.54) is 7.11 Å². The monoisotopic (exact) mass is 282 g/mol. The van der Waals surface area contributed by atoms with Crippen molar-refractivity contribution in [3.05, 3.63) is 29.3 Å². The zero-order valence-corrected chi connectivity index (χ0v) is 12.5. The van der Waals surface area contributed by atoms with Crippen molar-refractivity contribution in [2.75, 3.05) is 26.9 Å². The van der Waals surface area contributed by atoms with Gasteiger partial charge in [0.25, 0.3) is 0 Å². The molecule has 0 aliphatic carbocycles. The molecule has 0 saturated carbocycles. The van der Waals surface area contributed by atoms with Crippen LogP contribution in [0.25, 0.3) is 0 Å². The molecule has 1 rings (SSSR count). The summed E-state index contributed by atoms with van der Waals surface area (Å²) in [6, 6.07) is 5.32. The van der Waals surface area contributed by atoms with Gasteiger partial charge >= 0.3 is 5.97 Å². The van der Waals surface area contributed by atoms with E-state index in [0.29, 0.717) is 24.5 Å². The van der Waals surface area contributed by atoms with Crippen LogP contribution in [0, 0.1) is 6.92 Å². The third-order valence-electron chi connectivity index (χ3n) is 2.62. The van der Waals surface area contributed by atoms with Crippen LogP contribution in [0.2, 0.25) is 0 Å². The molecule has 1 aromatic rings. The van der Waals surface area contributed by atoms with E-state index in [1.54, 1.807) is 12.1 Å². The van der Waals surface area contributed by atoms with Gasteiger partial charge < -0.3 is 18.9 Å². The molecule has 0 atom stereocenters. The molecular formula is C15H22O5. The van der Waals surface area contributed by atoms with Crippen LogP contribution >= 0.6 is 0 Å². The zero-order chi connectivity index (χ0) is 15.0. The van der Waals surface area contributed by atoms with E-state index in [1.807, 2.05) is 26.8 Å². The lowest BCUT2D eigenvalue weighted by molar-refractivity contribution is -0.152. The smallest absolute Gasteiger partial charge is 0.341 e. The Morgan fingerprint density at radius 1 is 1.20 bits per heavy atom. The highest BCUT2D eigenvalue weighted by Crippen LogP contribution is 2.21. The molecule has 0 bridgehead atoms. The van der Waals surface area contributed by atoms with Crippen molar-refractivity contribution in [2.24, 2.45) is 0 Å². The van der Waals surface area contributed by atoms with Gasteiger partial charge in [0.1, 0.15) is 17.9 Å². The molecule has 5 nitrogen and oxygen atoms in total. The molecule has 112 valence electrons. The van der Waals surface area contributed by atoms with E-state index in [0.717, 1.165) is 5.56 Å². The molecule has 5 heteroatoms. The Hall–Kier alpha value is -1.59. The van der Waals surface area contributed by atoms with Gasteiger partial charge in [-0.3, -0.25) is 0 Å². The molecule has 0 saturated heterocycles. The zero-order valence-electron chi connectivity index (χ0n) is 12.5. The van der Waals surface area contributed by atoms with Gasteiger partial charge in [0.15, 0.2) is 6.29 Å². The summed E-state index contributed by atoms with van der Waals surface area (Å²) in [7, 11) is 1.34. The third kappa shape index (κ3) is 4.83. The van der Waals surface area contributed by atoms with Gasteiger partial charge in [-0.05, 0) is 38.5 Å². The highest BCUT2D eigenvalue weighted by Gasteiger charge is 2.15. The number of hydrogen-bond donors (Lipinski definition) is 0. The number of aryl methyl sites for hydroxylation is 1. The average molecular weight is 282 g/mol. The lowest BCUT2D eigenvalue weighted by Gasteiger charge is -2.18. The first-order valence-electron chi connectivity index (χ1n) is 6.67. The normalized spacial score (nSPS) is 10.7. The predicted molar refractivity (Wildman–Crippen MR) is 75.1 cm³/mol. The second-order valence-corrected chi connectivity index (χ2v) is 4.14. The SMILES string of the molecule is CCOC(COc1cc(C)ccc1C(=O)OC)OCC. The minimum absolute atomic E-state index is 0.217. The van der Waals surface area contributed by atoms with Crippen molar-refractivity contribution < 1.29 is 23.7 Å². The summed E-state index contributed by atoms with van der Waals surface area (Å²) in [5.74, 6) is 0.0469. The standard InChI is InChI=1S/C15H22O5/c1-5-18-14(19-6-2)10-20-13-9-11(3)7-8-12(13)15(16)17-4/h7-9,14H,5-6,10H2,1-4H3. The summed E-state index contributed by atoms with van der Waals surface area (Å²) in [6.45, 7) is 6.99. The maximum atomic E-state index is 11.7. The largest absolute Gasteiger partial charge is 0.487 e. The van der Waals surface area contributed by atoms with Crippen LogP contribution in [0.1, 0.15) is 29.8 Å². The first-order valence-corrected chi connectivity index (χ1v) is 6.67. The molecule has 0 amide bonds. The van der Waals surface area contributed by atoms with Crippen LogP contribution in [-0.2, 0) is 14.2 Å². The fraction of sp³-hybridized carbons (Fsp3) is 0.533. The lowest BCUT2D eigenvalue weighted by Crippen LogP contribution is -2.25. The van der Waals surface area contributed by atoms with Gasteiger partial charge in [-0.25, -0.2) is 4.79 Å². The quantitative estimate of drug-likeness (QED) is 0.542. The molecule has 0 aromatic heterocycles. The maximum Gasteiger partial charge on any atom is 0.341 e. The van der Waals surface area contributed by atoms with Crippen LogP contribution in [0.3, 0.4) is 0 Å². The summed E-state index contributed by atoms with van der Waals surface area (Å²) >= 11 is 0. The number of esters is 1. The second-order valence-electron chi connectivity index (χ2n) is 4.14. The average Bonchev–Trinajstić information content (AvgIpc) is 2.44. The fourth-order valence-corrected chi connectivity index (χ4v) is 1.70. The number of carbonyl (C=O) groups excluding carboxylic acids is 1. The number of benzene rings is 1. The number of methoxy groups -OCH3 is 1. The van der Waals surface area contributed by atoms with Crippen molar-refractivity contribution in [1.29, 1.82) is 0 Å². The molecule has 20 heavy (non-hydrogen) atoms. The van der Waals surface area contributed by atoms with Crippen molar-refractivity contribution in [1.82, 2.24) is 0 Å². The second kappa shape index (κ2) is 8.55. The van der Waals surface area contributed by atoms with Gasteiger partial charge in [0, 0.05) is 13.2 Å². The molecule has 0 heterocycles. The van der Waals surface area contributed by atoms with E-state index in [4.69, 9.17) is 18.9 Å². The Bertz CT molecular complexity index is 424. The minimum atomic E-state index is -0.448. The van der Waals surface area contributed by atoms with Crippen LogP contribution < -0.4 is 4.74 Å². The molecule has 0 unspecified atom stereocenters. The van der Waals surface area contributed by atoms with Crippen LogP contribution in [0.5, 0.6) is 5.75 Å². The molecule has 0 radical (unpaired) electrons. The molecule has 0 aliphatic rings. The Balaban J connectivity index is 2.79. The van der Waals surface area contributed by atoms with Crippen LogP contribution in [-0.4, -0.2) is 39.2 Å². The number of carbonyl (C=O) groups is 1.